The van der Waals surface area contributed by atoms with Gasteiger partial charge in [0.2, 0.25) is 5.95 Å². The van der Waals surface area contributed by atoms with Crippen molar-refractivity contribution in [3.63, 3.8) is 0 Å². The first-order chi connectivity index (χ1) is 16.8. The van der Waals surface area contributed by atoms with Crippen molar-refractivity contribution in [2.45, 2.75) is 40.2 Å². The van der Waals surface area contributed by atoms with Gasteiger partial charge in [0.1, 0.15) is 0 Å². The smallest absolute Gasteiger partial charge is 0.267 e. The Morgan fingerprint density at radius 1 is 1.11 bits per heavy atom. The molecule has 3 aromatic rings. The number of hydrogen-bond acceptors (Lipinski definition) is 6. The number of carbonyl (C=O) groups is 1. The summed E-state index contributed by atoms with van der Waals surface area (Å²) in [6.07, 6.45) is 0.906. The van der Waals surface area contributed by atoms with Gasteiger partial charge in [0, 0.05) is 31.8 Å². The molecule has 0 bridgehead atoms. The Bertz CT molecular complexity index is 1260. The van der Waals surface area contributed by atoms with Crippen LogP contribution < -0.4 is 15.8 Å². The monoisotopic (exact) mass is 478 g/mol. The molecule has 0 atom stereocenters. The fourth-order valence-corrected chi connectivity index (χ4v) is 4.08. The minimum atomic E-state index is -0.190. The quantitative estimate of drug-likeness (QED) is 0.500. The number of nitrogens with one attached hydrogen (secondary N) is 1. The Balaban J connectivity index is 1.69. The second-order valence-corrected chi connectivity index (χ2v) is 9.18. The number of hydrogen-bond donors (Lipinski definition) is 1. The number of fused-ring (bicyclic) bond motifs is 1. The lowest BCUT2D eigenvalue weighted by molar-refractivity contribution is 0.0757. The van der Waals surface area contributed by atoms with Crippen molar-refractivity contribution in [3.05, 3.63) is 63.4 Å². The summed E-state index contributed by atoms with van der Waals surface area (Å²) in [5, 5.41) is 3.40. The number of benzene rings is 2. The molecule has 8 nitrogen and oxygen atoms in total. The Morgan fingerprint density at radius 3 is 2.60 bits per heavy atom. The van der Waals surface area contributed by atoms with E-state index >= 15 is 0 Å². The maximum absolute atomic E-state index is 13.7. The standard InChI is InChI=1S/C27H34N4O4/c1-18(2)35-13-5-10-28-25(32)21-7-9-23-24(17-21)29-27(30-11-14-34-15-12-30)31(26(23)33)22-8-6-19(3)20(4)16-22/h6-9,16-18H,5,10-15H2,1-4H3,(H,28,32). The van der Waals surface area contributed by atoms with Crippen LogP contribution in [0.1, 0.15) is 41.8 Å². The second kappa shape index (κ2) is 11.0. The van der Waals surface area contributed by atoms with Crippen LogP contribution in [0.5, 0.6) is 0 Å². The van der Waals surface area contributed by atoms with Gasteiger partial charge in [0.15, 0.2) is 0 Å². The first kappa shape index (κ1) is 24.9. The molecule has 0 radical (unpaired) electrons. The minimum absolute atomic E-state index is 0.155. The highest BCUT2D eigenvalue weighted by molar-refractivity contribution is 5.97. The van der Waals surface area contributed by atoms with E-state index in [4.69, 9.17) is 14.5 Å². The zero-order chi connectivity index (χ0) is 24.9. The summed E-state index contributed by atoms with van der Waals surface area (Å²) in [6, 6.07) is 11.1. The molecule has 2 aromatic carbocycles. The Morgan fingerprint density at radius 2 is 1.89 bits per heavy atom. The molecule has 0 spiro atoms. The number of aryl methyl sites for hydroxylation is 2. The molecule has 4 rings (SSSR count). The van der Waals surface area contributed by atoms with Crippen molar-refractivity contribution in [1.29, 1.82) is 0 Å². The first-order valence-electron chi connectivity index (χ1n) is 12.2. The van der Waals surface area contributed by atoms with E-state index in [-0.39, 0.29) is 17.6 Å². The third-order valence-corrected chi connectivity index (χ3v) is 6.21. The lowest BCUT2D eigenvalue weighted by atomic mass is 10.1. The van der Waals surface area contributed by atoms with Crippen LogP contribution in [0.2, 0.25) is 0 Å². The van der Waals surface area contributed by atoms with E-state index in [2.05, 4.69) is 10.2 Å². The van der Waals surface area contributed by atoms with Gasteiger partial charge < -0.3 is 19.7 Å². The molecule has 8 heteroatoms. The number of aromatic nitrogens is 2. The van der Waals surface area contributed by atoms with Gasteiger partial charge in [-0.05, 0) is 75.6 Å². The molecule has 0 unspecified atom stereocenters. The van der Waals surface area contributed by atoms with Crippen LogP contribution in [0.4, 0.5) is 5.95 Å². The SMILES string of the molecule is Cc1ccc(-n2c(N3CCOCC3)nc3cc(C(=O)NCCCOC(C)C)ccc3c2=O)cc1C. The summed E-state index contributed by atoms with van der Waals surface area (Å²) in [7, 11) is 0. The molecule has 186 valence electrons. The van der Waals surface area contributed by atoms with Crippen molar-refractivity contribution < 1.29 is 14.3 Å². The maximum Gasteiger partial charge on any atom is 0.267 e. The molecule has 1 N–H and O–H groups in total. The fourth-order valence-electron chi connectivity index (χ4n) is 4.08. The largest absolute Gasteiger partial charge is 0.379 e. The van der Waals surface area contributed by atoms with Crippen LogP contribution in [-0.4, -0.2) is 61.0 Å². The van der Waals surface area contributed by atoms with E-state index in [1.165, 1.54) is 0 Å². The summed E-state index contributed by atoms with van der Waals surface area (Å²) >= 11 is 0. The molecular formula is C27H34N4O4. The van der Waals surface area contributed by atoms with Crippen molar-refractivity contribution in [1.82, 2.24) is 14.9 Å². The number of rotatable bonds is 8. The Hall–Kier alpha value is -3.23. The molecule has 35 heavy (non-hydrogen) atoms. The molecule has 1 amide bonds. The van der Waals surface area contributed by atoms with E-state index in [9.17, 15) is 9.59 Å². The Kier molecular flexibility index (Phi) is 7.83. The van der Waals surface area contributed by atoms with E-state index in [1.54, 1.807) is 22.8 Å². The second-order valence-electron chi connectivity index (χ2n) is 9.18. The van der Waals surface area contributed by atoms with Gasteiger partial charge in [-0.2, -0.15) is 0 Å². The van der Waals surface area contributed by atoms with Crippen molar-refractivity contribution in [3.8, 4) is 5.69 Å². The first-order valence-corrected chi connectivity index (χ1v) is 12.2. The number of nitrogens with zero attached hydrogens (tertiary/aromatic N) is 3. The number of ether oxygens (including phenoxy) is 2. The highest BCUT2D eigenvalue weighted by Gasteiger charge is 2.21. The van der Waals surface area contributed by atoms with Crippen LogP contribution >= 0.6 is 0 Å². The zero-order valence-electron chi connectivity index (χ0n) is 21.0. The third-order valence-electron chi connectivity index (χ3n) is 6.21. The highest BCUT2D eigenvalue weighted by atomic mass is 16.5. The molecule has 1 saturated heterocycles. The lowest BCUT2D eigenvalue weighted by Crippen LogP contribution is -2.40. The van der Waals surface area contributed by atoms with Gasteiger partial charge in [-0.1, -0.05) is 6.07 Å². The van der Waals surface area contributed by atoms with Gasteiger partial charge in [0.05, 0.1) is 35.9 Å². The fraction of sp³-hybridized carbons (Fsp3) is 0.444. The summed E-state index contributed by atoms with van der Waals surface area (Å²) in [4.78, 5) is 33.4. The van der Waals surface area contributed by atoms with E-state index in [0.29, 0.717) is 61.9 Å². The molecule has 1 aromatic heterocycles. The van der Waals surface area contributed by atoms with Crippen LogP contribution in [0.15, 0.2) is 41.2 Å². The molecule has 2 heterocycles. The van der Waals surface area contributed by atoms with Crippen molar-refractivity contribution >= 4 is 22.8 Å². The van der Waals surface area contributed by atoms with Crippen LogP contribution in [-0.2, 0) is 9.47 Å². The third kappa shape index (κ3) is 5.71. The van der Waals surface area contributed by atoms with Crippen LogP contribution in [0.3, 0.4) is 0 Å². The summed E-state index contributed by atoms with van der Waals surface area (Å²) < 4.78 is 12.7. The average molecular weight is 479 g/mol. The topological polar surface area (TPSA) is 85.7 Å². The van der Waals surface area contributed by atoms with Crippen LogP contribution in [0, 0.1) is 13.8 Å². The number of morpholine rings is 1. The van der Waals surface area contributed by atoms with E-state index in [0.717, 1.165) is 23.2 Å². The Labute approximate surface area is 205 Å². The van der Waals surface area contributed by atoms with Crippen molar-refractivity contribution in [2.24, 2.45) is 0 Å². The molecular weight excluding hydrogens is 444 g/mol. The van der Waals surface area contributed by atoms with Crippen molar-refractivity contribution in [2.75, 3.05) is 44.4 Å². The minimum Gasteiger partial charge on any atom is -0.379 e. The predicted molar refractivity (Wildman–Crippen MR) is 138 cm³/mol. The highest BCUT2D eigenvalue weighted by Crippen LogP contribution is 2.23. The molecule has 0 aliphatic carbocycles. The number of amides is 1. The van der Waals surface area contributed by atoms with Gasteiger partial charge in [-0.15, -0.1) is 0 Å². The van der Waals surface area contributed by atoms with E-state index in [1.807, 2.05) is 45.9 Å². The molecule has 1 aliphatic rings. The summed E-state index contributed by atoms with van der Waals surface area (Å²) in [5.41, 5.74) is 3.87. The van der Waals surface area contributed by atoms with Gasteiger partial charge in [-0.25, -0.2) is 9.55 Å². The molecule has 1 fully saturated rings. The van der Waals surface area contributed by atoms with Gasteiger partial charge >= 0.3 is 0 Å². The lowest BCUT2D eigenvalue weighted by Gasteiger charge is -2.30. The maximum atomic E-state index is 13.7. The summed E-state index contributed by atoms with van der Waals surface area (Å²) in [5.74, 6) is 0.377. The zero-order valence-corrected chi connectivity index (χ0v) is 21.0. The van der Waals surface area contributed by atoms with Crippen LogP contribution in [0.25, 0.3) is 16.6 Å². The predicted octanol–water partition coefficient (Wildman–Crippen LogP) is 3.38. The summed E-state index contributed by atoms with van der Waals surface area (Å²) in [6.45, 7) is 11.6. The molecule has 1 aliphatic heterocycles. The number of anilines is 1. The molecule has 0 saturated carbocycles. The van der Waals surface area contributed by atoms with Gasteiger partial charge in [0.25, 0.3) is 11.5 Å². The normalized spacial score (nSPS) is 14.0. The van der Waals surface area contributed by atoms with E-state index < -0.39 is 0 Å². The average Bonchev–Trinajstić information content (AvgIpc) is 2.85. The van der Waals surface area contributed by atoms with Gasteiger partial charge in [-0.3, -0.25) is 9.59 Å². The number of carbonyl (C=O) groups excluding carboxylic acids is 1.